The molecule has 90 valence electrons. The SMILES string of the molecule is CC(C)CCCC(O)c1ccc(Cl)c(F)c1. The molecule has 0 saturated carbocycles. The van der Waals surface area contributed by atoms with Gasteiger partial charge in [0.05, 0.1) is 11.1 Å². The second-order valence-corrected chi connectivity index (χ2v) is 4.92. The summed E-state index contributed by atoms with van der Waals surface area (Å²) in [5.41, 5.74) is 0.602. The van der Waals surface area contributed by atoms with Crippen LogP contribution in [-0.4, -0.2) is 5.11 Å². The van der Waals surface area contributed by atoms with Gasteiger partial charge in [-0.2, -0.15) is 0 Å². The molecule has 1 nitrogen and oxygen atoms in total. The van der Waals surface area contributed by atoms with Crippen molar-refractivity contribution < 1.29 is 9.50 Å². The van der Waals surface area contributed by atoms with Gasteiger partial charge in [0.15, 0.2) is 0 Å². The second kappa shape index (κ2) is 6.21. The summed E-state index contributed by atoms with van der Waals surface area (Å²) >= 11 is 5.57. The molecule has 1 rings (SSSR count). The van der Waals surface area contributed by atoms with Gasteiger partial charge in [0.1, 0.15) is 5.82 Å². The Bertz CT molecular complexity index is 339. The average molecular weight is 245 g/mol. The smallest absolute Gasteiger partial charge is 0.142 e. The molecule has 1 aromatic rings. The van der Waals surface area contributed by atoms with E-state index in [0.29, 0.717) is 17.9 Å². The highest BCUT2D eigenvalue weighted by Crippen LogP contribution is 2.24. The highest BCUT2D eigenvalue weighted by Gasteiger charge is 2.10. The first-order valence-electron chi connectivity index (χ1n) is 5.63. The summed E-state index contributed by atoms with van der Waals surface area (Å²) in [7, 11) is 0. The second-order valence-electron chi connectivity index (χ2n) is 4.51. The lowest BCUT2D eigenvalue weighted by atomic mass is 10.0. The number of aliphatic hydroxyl groups excluding tert-OH is 1. The maximum Gasteiger partial charge on any atom is 0.142 e. The third kappa shape index (κ3) is 4.11. The highest BCUT2D eigenvalue weighted by atomic mass is 35.5. The van der Waals surface area contributed by atoms with Crippen molar-refractivity contribution >= 4 is 11.6 Å². The summed E-state index contributed by atoms with van der Waals surface area (Å²) < 4.78 is 13.1. The summed E-state index contributed by atoms with van der Waals surface area (Å²) in [5, 5.41) is 9.93. The molecule has 1 atom stereocenters. The summed E-state index contributed by atoms with van der Waals surface area (Å²) in [5.74, 6) is 0.163. The Morgan fingerprint density at radius 1 is 1.31 bits per heavy atom. The molecule has 0 amide bonds. The van der Waals surface area contributed by atoms with Gasteiger partial charge in [-0.25, -0.2) is 4.39 Å². The van der Waals surface area contributed by atoms with Crippen molar-refractivity contribution in [1.82, 2.24) is 0 Å². The van der Waals surface area contributed by atoms with E-state index in [1.54, 1.807) is 6.07 Å². The largest absolute Gasteiger partial charge is 0.388 e. The third-order valence-corrected chi connectivity index (χ3v) is 2.89. The van der Waals surface area contributed by atoms with Gasteiger partial charge in [-0.05, 0) is 30.0 Å². The molecule has 1 aromatic carbocycles. The maximum atomic E-state index is 13.1. The first kappa shape index (κ1) is 13.5. The van der Waals surface area contributed by atoms with E-state index in [-0.39, 0.29) is 5.02 Å². The van der Waals surface area contributed by atoms with E-state index in [1.165, 1.54) is 12.1 Å². The molecular formula is C13H18ClFO. The van der Waals surface area contributed by atoms with Gasteiger partial charge in [0.25, 0.3) is 0 Å². The van der Waals surface area contributed by atoms with E-state index in [1.807, 2.05) is 0 Å². The molecule has 16 heavy (non-hydrogen) atoms. The van der Waals surface area contributed by atoms with Crippen LogP contribution in [-0.2, 0) is 0 Å². The Morgan fingerprint density at radius 3 is 2.56 bits per heavy atom. The fourth-order valence-corrected chi connectivity index (χ4v) is 1.72. The minimum absolute atomic E-state index is 0.0955. The zero-order valence-corrected chi connectivity index (χ0v) is 10.5. The van der Waals surface area contributed by atoms with Gasteiger partial charge in [-0.15, -0.1) is 0 Å². The Kier molecular flexibility index (Phi) is 5.23. The van der Waals surface area contributed by atoms with Crippen molar-refractivity contribution in [2.75, 3.05) is 0 Å². The van der Waals surface area contributed by atoms with Crippen molar-refractivity contribution in [3.8, 4) is 0 Å². The number of benzene rings is 1. The van der Waals surface area contributed by atoms with Gasteiger partial charge in [0.2, 0.25) is 0 Å². The Balaban J connectivity index is 2.52. The molecule has 0 radical (unpaired) electrons. The van der Waals surface area contributed by atoms with Crippen LogP contribution in [0, 0.1) is 11.7 Å². The number of rotatable bonds is 5. The quantitative estimate of drug-likeness (QED) is 0.817. The number of hydrogen-bond acceptors (Lipinski definition) is 1. The summed E-state index contributed by atoms with van der Waals surface area (Å²) in [6, 6.07) is 4.46. The molecule has 0 bridgehead atoms. The van der Waals surface area contributed by atoms with Crippen molar-refractivity contribution in [2.45, 2.75) is 39.2 Å². The molecule has 0 aliphatic rings. The zero-order valence-electron chi connectivity index (χ0n) is 9.71. The van der Waals surface area contributed by atoms with Gasteiger partial charge in [0, 0.05) is 0 Å². The van der Waals surface area contributed by atoms with E-state index in [0.717, 1.165) is 12.8 Å². The summed E-state index contributed by atoms with van der Waals surface area (Å²) in [4.78, 5) is 0. The van der Waals surface area contributed by atoms with E-state index in [2.05, 4.69) is 13.8 Å². The molecule has 1 unspecified atom stereocenters. The maximum absolute atomic E-state index is 13.1. The Hall–Kier alpha value is -0.600. The topological polar surface area (TPSA) is 20.2 Å². The van der Waals surface area contributed by atoms with Crippen LogP contribution in [0.15, 0.2) is 18.2 Å². The lowest BCUT2D eigenvalue weighted by Gasteiger charge is -2.12. The van der Waals surface area contributed by atoms with Crippen LogP contribution in [0.2, 0.25) is 5.02 Å². The fraction of sp³-hybridized carbons (Fsp3) is 0.538. The van der Waals surface area contributed by atoms with E-state index in [9.17, 15) is 9.50 Å². The Morgan fingerprint density at radius 2 is 2.00 bits per heavy atom. The molecule has 0 fully saturated rings. The molecule has 0 aliphatic carbocycles. The van der Waals surface area contributed by atoms with E-state index in [4.69, 9.17) is 11.6 Å². The number of aliphatic hydroxyl groups is 1. The first-order chi connectivity index (χ1) is 7.50. The van der Waals surface area contributed by atoms with E-state index < -0.39 is 11.9 Å². The van der Waals surface area contributed by atoms with Crippen LogP contribution >= 0.6 is 11.6 Å². The Labute approximate surface area is 101 Å². The van der Waals surface area contributed by atoms with Gasteiger partial charge < -0.3 is 5.11 Å². The lowest BCUT2D eigenvalue weighted by Crippen LogP contribution is -1.99. The monoisotopic (exact) mass is 244 g/mol. The van der Waals surface area contributed by atoms with Gasteiger partial charge in [-0.3, -0.25) is 0 Å². The van der Waals surface area contributed by atoms with Crippen LogP contribution in [0.3, 0.4) is 0 Å². The van der Waals surface area contributed by atoms with E-state index >= 15 is 0 Å². The van der Waals surface area contributed by atoms with Crippen molar-refractivity contribution in [3.63, 3.8) is 0 Å². The first-order valence-corrected chi connectivity index (χ1v) is 6.01. The fourth-order valence-electron chi connectivity index (χ4n) is 1.61. The summed E-state index contributed by atoms with van der Waals surface area (Å²) in [6.07, 6.45) is 2.10. The zero-order chi connectivity index (χ0) is 12.1. The molecule has 0 saturated heterocycles. The average Bonchev–Trinajstić information content (AvgIpc) is 2.21. The predicted molar refractivity (Wildman–Crippen MR) is 65.1 cm³/mol. The predicted octanol–water partition coefficient (Wildman–Crippen LogP) is 4.34. The highest BCUT2D eigenvalue weighted by molar-refractivity contribution is 6.30. The lowest BCUT2D eigenvalue weighted by molar-refractivity contribution is 0.161. The third-order valence-electron chi connectivity index (χ3n) is 2.59. The minimum atomic E-state index is -0.592. The van der Waals surface area contributed by atoms with Crippen molar-refractivity contribution in [1.29, 1.82) is 0 Å². The van der Waals surface area contributed by atoms with Crippen LogP contribution < -0.4 is 0 Å². The van der Waals surface area contributed by atoms with Crippen LogP contribution in [0.4, 0.5) is 4.39 Å². The van der Waals surface area contributed by atoms with Crippen molar-refractivity contribution in [3.05, 3.63) is 34.6 Å². The van der Waals surface area contributed by atoms with Gasteiger partial charge in [-0.1, -0.05) is 44.4 Å². The normalized spacial score (nSPS) is 13.1. The molecule has 0 heterocycles. The summed E-state index contributed by atoms with van der Waals surface area (Å²) in [6.45, 7) is 4.29. The minimum Gasteiger partial charge on any atom is -0.388 e. The van der Waals surface area contributed by atoms with Crippen LogP contribution in [0.1, 0.15) is 44.8 Å². The van der Waals surface area contributed by atoms with Crippen molar-refractivity contribution in [2.24, 2.45) is 5.92 Å². The van der Waals surface area contributed by atoms with Crippen LogP contribution in [0.25, 0.3) is 0 Å². The molecule has 0 aromatic heterocycles. The van der Waals surface area contributed by atoms with Crippen LogP contribution in [0.5, 0.6) is 0 Å². The van der Waals surface area contributed by atoms with Gasteiger partial charge >= 0.3 is 0 Å². The molecule has 0 aliphatic heterocycles. The number of hydrogen-bond donors (Lipinski definition) is 1. The molecular weight excluding hydrogens is 227 g/mol. The molecule has 1 N–H and O–H groups in total. The molecule has 3 heteroatoms. The molecule has 0 spiro atoms. The standard InChI is InChI=1S/C13H18ClFO/c1-9(2)4-3-5-13(16)10-6-7-11(14)12(15)8-10/h6-9,13,16H,3-5H2,1-2H3. The number of halogens is 2.